The molecule has 1 aliphatic carbocycles. The lowest BCUT2D eigenvalue weighted by Crippen LogP contribution is -2.15. The summed E-state index contributed by atoms with van der Waals surface area (Å²) in [5, 5.41) is 0. The molecule has 1 fully saturated rings. The lowest BCUT2D eigenvalue weighted by molar-refractivity contribution is 0.0896. The van der Waals surface area contributed by atoms with E-state index >= 15 is 0 Å². The van der Waals surface area contributed by atoms with E-state index in [1.807, 2.05) is 12.1 Å². The molecule has 1 aromatic carbocycles. The first-order chi connectivity index (χ1) is 7.07. The molecule has 0 N–H and O–H groups in total. The van der Waals surface area contributed by atoms with E-state index in [9.17, 15) is 4.79 Å². The quantitative estimate of drug-likeness (QED) is 0.683. The Hall–Kier alpha value is -1.11. The molecule has 0 radical (unpaired) electrons. The Morgan fingerprint density at radius 3 is 2.13 bits per heavy atom. The van der Waals surface area contributed by atoms with Gasteiger partial charge in [-0.2, -0.15) is 0 Å². The number of benzene rings is 1. The van der Waals surface area contributed by atoms with Crippen molar-refractivity contribution in [3.63, 3.8) is 0 Å². The van der Waals surface area contributed by atoms with Crippen molar-refractivity contribution in [2.45, 2.75) is 40.0 Å². The normalized spacial score (nSPS) is 17.5. The average molecular weight is 202 g/mol. The predicted molar refractivity (Wildman–Crippen MR) is 62.2 cm³/mol. The first-order valence-electron chi connectivity index (χ1n) is 5.70. The highest BCUT2D eigenvalue weighted by atomic mass is 16.1. The minimum absolute atomic E-state index is 0.000231. The second-order valence-corrected chi connectivity index (χ2v) is 4.84. The van der Waals surface area contributed by atoms with Crippen molar-refractivity contribution < 1.29 is 4.79 Å². The smallest absolute Gasteiger partial charge is 0.169 e. The third kappa shape index (κ3) is 1.83. The zero-order chi connectivity index (χ0) is 11.1. The van der Waals surface area contributed by atoms with Crippen LogP contribution in [-0.4, -0.2) is 5.78 Å². The van der Waals surface area contributed by atoms with Crippen LogP contribution >= 0.6 is 0 Å². The van der Waals surface area contributed by atoms with Crippen molar-refractivity contribution in [1.82, 2.24) is 0 Å². The van der Waals surface area contributed by atoms with Crippen molar-refractivity contribution in [1.29, 1.82) is 0 Å². The van der Waals surface area contributed by atoms with Gasteiger partial charge in [0.25, 0.3) is 0 Å². The second-order valence-electron chi connectivity index (χ2n) is 4.84. The van der Waals surface area contributed by atoms with Crippen LogP contribution in [-0.2, 0) is 0 Å². The third-order valence-corrected chi connectivity index (χ3v) is 3.50. The van der Waals surface area contributed by atoms with Gasteiger partial charge in [-0.1, -0.05) is 24.1 Å². The van der Waals surface area contributed by atoms with Gasteiger partial charge in [0.1, 0.15) is 0 Å². The van der Waals surface area contributed by atoms with Crippen LogP contribution in [0.15, 0.2) is 18.2 Å². The fourth-order valence-electron chi connectivity index (χ4n) is 2.30. The molecule has 1 nitrogen and oxygen atoms in total. The lowest BCUT2D eigenvalue weighted by Gasteiger charge is -2.12. The van der Waals surface area contributed by atoms with Crippen LogP contribution in [0.4, 0.5) is 0 Å². The van der Waals surface area contributed by atoms with Gasteiger partial charge >= 0.3 is 0 Å². The van der Waals surface area contributed by atoms with E-state index in [-0.39, 0.29) is 5.41 Å². The molecule has 0 unspecified atom stereocenters. The summed E-state index contributed by atoms with van der Waals surface area (Å²) in [6, 6.07) is 6.15. The summed E-state index contributed by atoms with van der Waals surface area (Å²) in [5.41, 5.74) is 3.28. The molecule has 15 heavy (non-hydrogen) atoms. The number of hydrogen-bond donors (Lipinski definition) is 0. The number of aryl methyl sites for hydroxylation is 2. The fourth-order valence-corrected chi connectivity index (χ4v) is 2.30. The molecule has 0 saturated heterocycles. The molecule has 0 aliphatic heterocycles. The minimum atomic E-state index is 0.000231. The summed E-state index contributed by atoms with van der Waals surface area (Å²) < 4.78 is 0. The van der Waals surface area contributed by atoms with Gasteiger partial charge in [0.2, 0.25) is 0 Å². The highest BCUT2D eigenvalue weighted by molar-refractivity contribution is 6.02. The van der Waals surface area contributed by atoms with Gasteiger partial charge in [0, 0.05) is 11.0 Å². The molecule has 0 heterocycles. The lowest BCUT2D eigenvalue weighted by atomic mass is 9.91. The molecule has 0 aromatic heterocycles. The topological polar surface area (TPSA) is 17.1 Å². The van der Waals surface area contributed by atoms with Crippen LogP contribution in [0.2, 0.25) is 0 Å². The Labute approximate surface area is 91.5 Å². The largest absolute Gasteiger partial charge is 0.294 e. The van der Waals surface area contributed by atoms with Crippen molar-refractivity contribution in [2.24, 2.45) is 5.41 Å². The molecule has 0 amide bonds. The maximum Gasteiger partial charge on any atom is 0.169 e. The number of carbonyl (C=O) groups excluding carboxylic acids is 1. The molecule has 0 atom stereocenters. The number of rotatable bonds is 3. The monoisotopic (exact) mass is 202 g/mol. The van der Waals surface area contributed by atoms with Gasteiger partial charge in [0.05, 0.1) is 0 Å². The zero-order valence-corrected chi connectivity index (χ0v) is 9.76. The summed E-state index contributed by atoms with van der Waals surface area (Å²) in [4.78, 5) is 12.3. The SMILES string of the molecule is CCC1(C(=O)c2cc(C)cc(C)c2)CC1. The van der Waals surface area contributed by atoms with Crippen LogP contribution in [0.25, 0.3) is 0 Å². The van der Waals surface area contributed by atoms with E-state index in [1.54, 1.807) is 0 Å². The molecule has 0 bridgehead atoms. The van der Waals surface area contributed by atoms with Crippen molar-refractivity contribution >= 4 is 5.78 Å². The first kappa shape index (κ1) is 10.4. The van der Waals surface area contributed by atoms with Gasteiger partial charge < -0.3 is 0 Å². The average Bonchev–Trinajstić information content (AvgIpc) is 2.95. The molecular formula is C14H18O. The zero-order valence-electron chi connectivity index (χ0n) is 9.76. The molecule has 1 heteroatoms. The van der Waals surface area contributed by atoms with E-state index < -0.39 is 0 Å². The molecule has 1 aliphatic rings. The van der Waals surface area contributed by atoms with E-state index in [1.165, 1.54) is 11.1 Å². The van der Waals surface area contributed by atoms with E-state index in [0.717, 1.165) is 24.8 Å². The summed E-state index contributed by atoms with van der Waals surface area (Å²) in [7, 11) is 0. The highest BCUT2D eigenvalue weighted by Crippen LogP contribution is 2.51. The Bertz CT molecular complexity index is 380. The van der Waals surface area contributed by atoms with E-state index in [2.05, 4.69) is 26.8 Å². The van der Waals surface area contributed by atoms with Gasteiger partial charge in [-0.05, 0) is 45.2 Å². The van der Waals surface area contributed by atoms with Gasteiger partial charge in [-0.3, -0.25) is 4.79 Å². The van der Waals surface area contributed by atoms with Crippen molar-refractivity contribution in [3.8, 4) is 0 Å². The second kappa shape index (κ2) is 3.48. The van der Waals surface area contributed by atoms with Crippen LogP contribution in [0.5, 0.6) is 0 Å². The molecule has 2 rings (SSSR count). The van der Waals surface area contributed by atoms with Crippen LogP contribution in [0.3, 0.4) is 0 Å². The number of ketones is 1. The summed E-state index contributed by atoms with van der Waals surface area (Å²) >= 11 is 0. The Morgan fingerprint density at radius 2 is 1.73 bits per heavy atom. The van der Waals surface area contributed by atoms with Crippen LogP contribution in [0.1, 0.15) is 47.7 Å². The predicted octanol–water partition coefficient (Wildman–Crippen LogP) is 3.68. The standard InChI is InChI=1S/C14H18O/c1-4-14(5-6-14)13(15)12-8-10(2)7-11(3)9-12/h7-9H,4-6H2,1-3H3. The Balaban J connectivity index is 2.34. The highest BCUT2D eigenvalue weighted by Gasteiger charge is 2.47. The van der Waals surface area contributed by atoms with Gasteiger partial charge in [-0.15, -0.1) is 0 Å². The Morgan fingerprint density at radius 1 is 1.20 bits per heavy atom. The van der Waals surface area contributed by atoms with Crippen molar-refractivity contribution in [2.75, 3.05) is 0 Å². The number of hydrogen-bond acceptors (Lipinski definition) is 1. The third-order valence-electron chi connectivity index (χ3n) is 3.50. The maximum atomic E-state index is 12.3. The Kier molecular flexibility index (Phi) is 2.41. The molecule has 0 spiro atoms. The molecule has 1 aromatic rings. The molecular weight excluding hydrogens is 184 g/mol. The van der Waals surface area contributed by atoms with Crippen LogP contribution < -0.4 is 0 Å². The van der Waals surface area contributed by atoms with Crippen LogP contribution in [0, 0.1) is 19.3 Å². The van der Waals surface area contributed by atoms with Gasteiger partial charge in [0.15, 0.2) is 5.78 Å². The molecule has 1 saturated carbocycles. The fraction of sp³-hybridized carbons (Fsp3) is 0.500. The number of Topliss-reactive ketones (excluding diaryl/α,β-unsaturated/α-hetero) is 1. The summed E-state index contributed by atoms with van der Waals surface area (Å²) in [6.45, 7) is 6.22. The summed E-state index contributed by atoms with van der Waals surface area (Å²) in [6.07, 6.45) is 3.14. The van der Waals surface area contributed by atoms with E-state index in [4.69, 9.17) is 0 Å². The van der Waals surface area contributed by atoms with Gasteiger partial charge in [-0.25, -0.2) is 0 Å². The molecule has 80 valence electrons. The minimum Gasteiger partial charge on any atom is -0.294 e. The van der Waals surface area contributed by atoms with Crippen molar-refractivity contribution in [3.05, 3.63) is 34.9 Å². The van der Waals surface area contributed by atoms with E-state index in [0.29, 0.717) is 5.78 Å². The number of carbonyl (C=O) groups is 1. The summed E-state index contributed by atoms with van der Waals surface area (Å²) in [5.74, 6) is 0.358. The maximum absolute atomic E-state index is 12.3. The first-order valence-corrected chi connectivity index (χ1v) is 5.70.